The number of amides is 1. The van der Waals surface area contributed by atoms with Gasteiger partial charge in [-0.05, 0) is 30.9 Å². The van der Waals surface area contributed by atoms with E-state index in [0.29, 0.717) is 6.54 Å². The largest absolute Gasteiger partial charge is 0.331 e. The van der Waals surface area contributed by atoms with E-state index in [4.69, 9.17) is 0 Å². The van der Waals surface area contributed by atoms with Crippen LogP contribution in [-0.4, -0.2) is 21.6 Å². The Morgan fingerprint density at radius 1 is 1.13 bits per heavy atom. The summed E-state index contributed by atoms with van der Waals surface area (Å²) in [7, 11) is 1.41. The molecule has 0 N–H and O–H groups in total. The third-order valence-corrected chi connectivity index (χ3v) is 4.23. The van der Waals surface area contributed by atoms with E-state index in [2.05, 4.69) is 0 Å². The molecular weight excluding hydrogens is 294 g/mol. The second-order valence-corrected chi connectivity index (χ2v) is 5.75. The van der Waals surface area contributed by atoms with Crippen LogP contribution in [0.1, 0.15) is 18.4 Å². The molecule has 1 aromatic carbocycles. The molecule has 0 bridgehead atoms. The maximum Gasteiger partial charge on any atom is 0.331 e. The van der Waals surface area contributed by atoms with Gasteiger partial charge in [0.2, 0.25) is 5.91 Å². The predicted octanol–water partition coefficient (Wildman–Crippen LogP) is 0.916. The zero-order valence-electron chi connectivity index (χ0n) is 13.1. The Morgan fingerprint density at radius 2 is 1.91 bits per heavy atom. The number of benzene rings is 1. The molecule has 0 spiro atoms. The summed E-state index contributed by atoms with van der Waals surface area (Å²) in [6, 6.07) is 9.18. The molecule has 1 amide bonds. The van der Waals surface area contributed by atoms with E-state index >= 15 is 0 Å². The van der Waals surface area contributed by atoms with Crippen molar-refractivity contribution >= 4 is 11.6 Å². The van der Waals surface area contributed by atoms with Crippen LogP contribution in [0.15, 0.2) is 46.1 Å². The fraction of sp³-hybridized carbons (Fsp3) is 0.353. The molecule has 0 radical (unpaired) electrons. The van der Waals surface area contributed by atoms with Gasteiger partial charge in [0, 0.05) is 31.5 Å². The van der Waals surface area contributed by atoms with Gasteiger partial charge in [0.15, 0.2) is 0 Å². The van der Waals surface area contributed by atoms with Crippen molar-refractivity contribution in [2.45, 2.75) is 25.8 Å². The van der Waals surface area contributed by atoms with Crippen molar-refractivity contribution in [1.82, 2.24) is 9.13 Å². The Labute approximate surface area is 133 Å². The van der Waals surface area contributed by atoms with Gasteiger partial charge in [0.1, 0.15) is 6.54 Å². The summed E-state index contributed by atoms with van der Waals surface area (Å²) < 4.78 is 2.28. The molecule has 1 aromatic heterocycles. The van der Waals surface area contributed by atoms with Crippen LogP contribution >= 0.6 is 0 Å². The van der Waals surface area contributed by atoms with Crippen LogP contribution < -0.4 is 16.1 Å². The zero-order chi connectivity index (χ0) is 16.4. The number of aryl methyl sites for hydroxylation is 1. The normalized spacial score (nSPS) is 14.2. The number of rotatable bonds is 2. The lowest BCUT2D eigenvalue weighted by Gasteiger charge is -2.23. The van der Waals surface area contributed by atoms with Gasteiger partial charge in [0.05, 0.1) is 0 Å². The highest BCUT2D eigenvalue weighted by Crippen LogP contribution is 2.26. The first-order valence-electron chi connectivity index (χ1n) is 7.72. The third-order valence-electron chi connectivity index (χ3n) is 4.23. The van der Waals surface area contributed by atoms with Gasteiger partial charge < -0.3 is 4.90 Å². The molecule has 0 atom stereocenters. The molecule has 3 rings (SSSR count). The summed E-state index contributed by atoms with van der Waals surface area (Å²) in [5.74, 6) is -0.139. The van der Waals surface area contributed by atoms with Crippen LogP contribution in [0.4, 0.5) is 5.69 Å². The number of fused-ring (bicyclic) bond motifs is 1. The van der Waals surface area contributed by atoms with Gasteiger partial charge in [-0.1, -0.05) is 18.2 Å². The molecule has 0 aliphatic carbocycles. The summed E-state index contributed by atoms with van der Waals surface area (Å²) in [6.45, 7) is 0.581. The Hall–Kier alpha value is -2.63. The lowest BCUT2D eigenvalue weighted by Crippen LogP contribution is -2.42. The second kappa shape index (κ2) is 6.24. The maximum absolute atomic E-state index is 12.7. The SMILES string of the molecule is Cn1c(=O)ccn(CC(=O)N2CCCCc3ccccc32)c1=O. The number of nitrogens with zero attached hydrogens (tertiary/aromatic N) is 3. The van der Waals surface area contributed by atoms with E-state index < -0.39 is 5.69 Å². The van der Waals surface area contributed by atoms with Crippen molar-refractivity contribution in [2.24, 2.45) is 7.05 Å². The fourth-order valence-corrected chi connectivity index (χ4v) is 2.92. The Kier molecular flexibility index (Phi) is 4.14. The minimum Gasteiger partial charge on any atom is -0.311 e. The molecule has 6 heteroatoms. The average Bonchev–Trinajstić information content (AvgIpc) is 2.78. The van der Waals surface area contributed by atoms with Crippen molar-refractivity contribution in [3.05, 3.63) is 62.9 Å². The molecule has 0 unspecified atom stereocenters. The number of anilines is 1. The standard InChI is InChI=1S/C17H19N3O3/c1-18-15(21)9-11-19(17(18)23)12-16(22)20-10-5-4-7-13-6-2-3-8-14(13)20/h2-3,6,8-9,11H,4-5,7,10,12H2,1H3. The Balaban J connectivity index is 1.91. The highest BCUT2D eigenvalue weighted by Gasteiger charge is 2.21. The number of hydrogen-bond acceptors (Lipinski definition) is 3. The number of carbonyl (C=O) groups is 1. The third kappa shape index (κ3) is 2.97. The van der Waals surface area contributed by atoms with Crippen LogP contribution in [0, 0.1) is 0 Å². The first kappa shape index (κ1) is 15.3. The van der Waals surface area contributed by atoms with E-state index in [1.807, 2.05) is 24.3 Å². The van der Waals surface area contributed by atoms with E-state index in [1.54, 1.807) is 4.90 Å². The summed E-state index contributed by atoms with van der Waals surface area (Å²) in [4.78, 5) is 38.0. The van der Waals surface area contributed by atoms with Crippen LogP contribution in [0.3, 0.4) is 0 Å². The molecule has 1 aliphatic rings. The maximum atomic E-state index is 12.7. The molecule has 23 heavy (non-hydrogen) atoms. The van der Waals surface area contributed by atoms with Crippen LogP contribution in [0.25, 0.3) is 0 Å². The smallest absolute Gasteiger partial charge is 0.311 e. The molecule has 6 nitrogen and oxygen atoms in total. The van der Waals surface area contributed by atoms with Crippen LogP contribution in [-0.2, 0) is 24.8 Å². The van der Waals surface area contributed by atoms with E-state index in [0.717, 1.165) is 35.1 Å². The number of aromatic nitrogens is 2. The molecule has 2 heterocycles. The molecule has 2 aromatic rings. The fourth-order valence-electron chi connectivity index (χ4n) is 2.92. The van der Waals surface area contributed by atoms with Crippen LogP contribution in [0.2, 0.25) is 0 Å². The zero-order valence-corrected chi connectivity index (χ0v) is 13.1. The summed E-state index contributed by atoms with van der Waals surface area (Å²) >= 11 is 0. The Bertz CT molecular complexity index is 851. The molecule has 120 valence electrons. The van der Waals surface area contributed by atoms with Crippen molar-refractivity contribution in [1.29, 1.82) is 0 Å². The number of hydrogen-bond donors (Lipinski definition) is 0. The molecule has 1 aliphatic heterocycles. The lowest BCUT2D eigenvalue weighted by atomic mass is 10.1. The first-order valence-corrected chi connectivity index (χ1v) is 7.72. The van der Waals surface area contributed by atoms with E-state index in [-0.39, 0.29) is 18.0 Å². The van der Waals surface area contributed by atoms with Gasteiger partial charge in [-0.3, -0.25) is 18.7 Å². The molecular formula is C17H19N3O3. The summed E-state index contributed by atoms with van der Waals surface area (Å²) in [6.07, 6.45) is 4.31. The van der Waals surface area contributed by atoms with Crippen LogP contribution in [0.5, 0.6) is 0 Å². The molecule has 0 saturated carbocycles. The Morgan fingerprint density at radius 3 is 2.74 bits per heavy atom. The van der Waals surface area contributed by atoms with Gasteiger partial charge in [-0.15, -0.1) is 0 Å². The van der Waals surface area contributed by atoms with Gasteiger partial charge in [-0.25, -0.2) is 4.79 Å². The number of para-hydroxylation sites is 1. The van der Waals surface area contributed by atoms with E-state index in [9.17, 15) is 14.4 Å². The van der Waals surface area contributed by atoms with Gasteiger partial charge in [-0.2, -0.15) is 0 Å². The minimum atomic E-state index is -0.478. The monoisotopic (exact) mass is 313 g/mol. The van der Waals surface area contributed by atoms with Gasteiger partial charge >= 0.3 is 5.69 Å². The molecule has 0 fully saturated rings. The topological polar surface area (TPSA) is 64.3 Å². The summed E-state index contributed by atoms with van der Waals surface area (Å²) in [5, 5.41) is 0. The average molecular weight is 313 g/mol. The van der Waals surface area contributed by atoms with Gasteiger partial charge in [0.25, 0.3) is 5.56 Å². The quantitative estimate of drug-likeness (QED) is 0.828. The predicted molar refractivity (Wildman–Crippen MR) is 87.7 cm³/mol. The number of carbonyl (C=O) groups excluding carboxylic acids is 1. The highest BCUT2D eigenvalue weighted by atomic mass is 16.2. The van der Waals surface area contributed by atoms with Crippen molar-refractivity contribution in [2.75, 3.05) is 11.4 Å². The minimum absolute atomic E-state index is 0.0682. The second-order valence-electron chi connectivity index (χ2n) is 5.75. The van der Waals surface area contributed by atoms with E-state index in [1.165, 1.54) is 23.9 Å². The first-order chi connectivity index (χ1) is 11.1. The van der Waals surface area contributed by atoms with Crippen molar-refractivity contribution in [3.63, 3.8) is 0 Å². The molecule has 0 saturated heterocycles. The van der Waals surface area contributed by atoms with Crippen molar-refractivity contribution in [3.8, 4) is 0 Å². The lowest BCUT2D eigenvalue weighted by molar-refractivity contribution is -0.119. The summed E-state index contributed by atoms with van der Waals surface area (Å²) in [5.41, 5.74) is 1.23. The highest BCUT2D eigenvalue weighted by molar-refractivity contribution is 5.94. The van der Waals surface area contributed by atoms with Crippen molar-refractivity contribution < 1.29 is 4.79 Å².